The van der Waals surface area contributed by atoms with Crippen LogP contribution in [0.1, 0.15) is 11.4 Å². The van der Waals surface area contributed by atoms with Gasteiger partial charge in [-0.15, -0.1) is 11.3 Å². The predicted octanol–water partition coefficient (Wildman–Crippen LogP) is 3.52. The summed E-state index contributed by atoms with van der Waals surface area (Å²) in [6.07, 6.45) is 0. The predicted molar refractivity (Wildman–Crippen MR) is 111 cm³/mol. The Labute approximate surface area is 166 Å². The van der Waals surface area contributed by atoms with Gasteiger partial charge in [0, 0.05) is 15.5 Å². The molecular formula is C21H19ClN3OS+. The SMILES string of the molecule is C[NH+](Cc1ccc(Cl)cc1)Cc1nc2sc(-c3ccccc3)cc2c(=O)[nH]1. The molecule has 0 saturated carbocycles. The number of nitrogens with zero attached hydrogens (tertiary/aromatic N) is 1. The largest absolute Gasteiger partial charge is 0.327 e. The molecule has 0 fully saturated rings. The van der Waals surface area contributed by atoms with Gasteiger partial charge >= 0.3 is 0 Å². The third-order valence-corrected chi connectivity index (χ3v) is 5.73. The Morgan fingerprint density at radius 3 is 2.56 bits per heavy atom. The summed E-state index contributed by atoms with van der Waals surface area (Å²) in [5.41, 5.74) is 2.22. The van der Waals surface area contributed by atoms with Gasteiger partial charge in [-0.25, -0.2) is 4.98 Å². The number of aromatic nitrogens is 2. The molecular weight excluding hydrogens is 378 g/mol. The van der Waals surface area contributed by atoms with Gasteiger partial charge in [-0.1, -0.05) is 54.1 Å². The van der Waals surface area contributed by atoms with Crippen molar-refractivity contribution in [2.24, 2.45) is 0 Å². The summed E-state index contributed by atoms with van der Waals surface area (Å²) in [5.74, 6) is 0.709. The number of halogens is 1. The number of hydrogen-bond acceptors (Lipinski definition) is 3. The zero-order valence-corrected chi connectivity index (χ0v) is 16.4. The monoisotopic (exact) mass is 396 g/mol. The first-order chi connectivity index (χ1) is 13.1. The molecule has 0 aliphatic heterocycles. The van der Waals surface area contributed by atoms with Crippen LogP contribution in [0, 0.1) is 0 Å². The number of fused-ring (bicyclic) bond motifs is 1. The van der Waals surface area contributed by atoms with E-state index in [0.717, 1.165) is 26.8 Å². The molecule has 2 heterocycles. The molecule has 27 heavy (non-hydrogen) atoms. The van der Waals surface area contributed by atoms with Crippen LogP contribution in [0.5, 0.6) is 0 Å². The normalized spacial score (nSPS) is 12.4. The Bertz CT molecular complexity index is 1120. The first-order valence-corrected chi connectivity index (χ1v) is 9.92. The molecule has 0 aliphatic carbocycles. The zero-order chi connectivity index (χ0) is 18.8. The highest BCUT2D eigenvalue weighted by atomic mass is 35.5. The third-order valence-electron chi connectivity index (χ3n) is 4.40. The van der Waals surface area contributed by atoms with Gasteiger partial charge in [-0.2, -0.15) is 0 Å². The highest BCUT2D eigenvalue weighted by molar-refractivity contribution is 7.21. The topological polar surface area (TPSA) is 50.2 Å². The molecule has 1 atom stereocenters. The molecule has 2 N–H and O–H groups in total. The van der Waals surface area contributed by atoms with Gasteiger partial charge in [0.25, 0.3) is 5.56 Å². The summed E-state index contributed by atoms with van der Waals surface area (Å²) in [6, 6.07) is 19.8. The molecule has 4 nitrogen and oxygen atoms in total. The molecule has 0 bridgehead atoms. The molecule has 4 aromatic rings. The van der Waals surface area contributed by atoms with Gasteiger partial charge in [-0.05, 0) is 23.8 Å². The first-order valence-electron chi connectivity index (χ1n) is 8.72. The number of thiophene rings is 1. The molecule has 2 aromatic carbocycles. The van der Waals surface area contributed by atoms with Crippen LogP contribution in [0.25, 0.3) is 20.7 Å². The van der Waals surface area contributed by atoms with E-state index < -0.39 is 0 Å². The average molecular weight is 397 g/mol. The third kappa shape index (κ3) is 4.11. The fraction of sp³-hybridized carbons (Fsp3) is 0.143. The molecule has 1 unspecified atom stereocenters. The van der Waals surface area contributed by atoms with Crippen LogP contribution in [-0.4, -0.2) is 17.0 Å². The zero-order valence-electron chi connectivity index (χ0n) is 14.8. The summed E-state index contributed by atoms with van der Waals surface area (Å²) in [6.45, 7) is 1.48. The molecule has 6 heteroatoms. The van der Waals surface area contributed by atoms with Gasteiger partial charge in [-0.3, -0.25) is 4.79 Å². The lowest BCUT2D eigenvalue weighted by molar-refractivity contribution is -0.908. The molecule has 0 spiro atoms. The Kier molecular flexibility index (Phi) is 5.07. The Hall–Kier alpha value is -2.47. The van der Waals surface area contributed by atoms with E-state index in [0.29, 0.717) is 17.8 Å². The van der Waals surface area contributed by atoms with E-state index in [1.165, 1.54) is 10.5 Å². The molecule has 136 valence electrons. The van der Waals surface area contributed by atoms with Crippen molar-refractivity contribution in [1.29, 1.82) is 0 Å². The van der Waals surface area contributed by atoms with Gasteiger partial charge in [0.15, 0.2) is 5.82 Å². The number of benzene rings is 2. The van der Waals surface area contributed by atoms with Gasteiger partial charge in [0.1, 0.15) is 17.9 Å². The lowest BCUT2D eigenvalue weighted by Gasteiger charge is -2.13. The van der Waals surface area contributed by atoms with Crippen LogP contribution in [0.15, 0.2) is 65.5 Å². The minimum Gasteiger partial charge on any atom is -0.327 e. The molecule has 0 saturated heterocycles. The number of aromatic amines is 1. The Morgan fingerprint density at radius 1 is 1.07 bits per heavy atom. The van der Waals surface area contributed by atoms with Crippen molar-refractivity contribution in [2.75, 3.05) is 7.05 Å². The maximum Gasteiger partial charge on any atom is 0.259 e. The van der Waals surface area contributed by atoms with Crippen molar-refractivity contribution < 1.29 is 4.90 Å². The van der Waals surface area contributed by atoms with E-state index in [1.54, 1.807) is 11.3 Å². The van der Waals surface area contributed by atoms with E-state index >= 15 is 0 Å². The smallest absolute Gasteiger partial charge is 0.259 e. The van der Waals surface area contributed by atoms with Crippen molar-refractivity contribution in [1.82, 2.24) is 9.97 Å². The lowest BCUT2D eigenvalue weighted by Crippen LogP contribution is -3.06. The minimum absolute atomic E-state index is 0.0762. The summed E-state index contributed by atoms with van der Waals surface area (Å²) >= 11 is 7.50. The quantitative estimate of drug-likeness (QED) is 0.542. The summed E-state index contributed by atoms with van der Waals surface area (Å²) in [5, 5.41) is 1.39. The molecule has 4 rings (SSSR count). The maximum atomic E-state index is 12.5. The molecule has 0 aliphatic rings. The van der Waals surface area contributed by atoms with Crippen molar-refractivity contribution in [3.8, 4) is 10.4 Å². The van der Waals surface area contributed by atoms with Crippen molar-refractivity contribution in [3.63, 3.8) is 0 Å². The van der Waals surface area contributed by atoms with Crippen molar-refractivity contribution >= 4 is 33.2 Å². The van der Waals surface area contributed by atoms with Gasteiger partial charge in [0.05, 0.1) is 12.4 Å². The van der Waals surface area contributed by atoms with Crippen LogP contribution in [-0.2, 0) is 13.1 Å². The van der Waals surface area contributed by atoms with E-state index in [1.807, 2.05) is 60.7 Å². The van der Waals surface area contributed by atoms with Gasteiger partial charge < -0.3 is 9.88 Å². The second-order valence-electron chi connectivity index (χ2n) is 6.65. The minimum atomic E-state index is -0.0762. The van der Waals surface area contributed by atoms with Gasteiger partial charge in [0.2, 0.25) is 0 Å². The fourth-order valence-electron chi connectivity index (χ4n) is 3.10. The number of H-pyrrole nitrogens is 1. The van der Waals surface area contributed by atoms with E-state index in [-0.39, 0.29) is 5.56 Å². The van der Waals surface area contributed by atoms with Crippen LogP contribution >= 0.6 is 22.9 Å². The number of rotatable bonds is 5. The highest BCUT2D eigenvalue weighted by Crippen LogP contribution is 2.30. The van der Waals surface area contributed by atoms with E-state index in [9.17, 15) is 4.79 Å². The summed E-state index contributed by atoms with van der Waals surface area (Å²) in [4.78, 5) is 23.2. The van der Waals surface area contributed by atoms with E-state index in [4.69, 9.17) is 16.6 Å². The number of nitrogens with one attached hydrogen (secondary N) is 2. The summed E-state index contributed by atoms with van der Waals surface area (Å²) < 4.78 is 0. The molecule has 0 radical (unpaired) electrons. The van der Waals surface area contributed by atoms with Crippen LogP contribution in [0.4, 0.5) is 0 Å². The number of quaternary nitrogens is 1. The first kappa shape index (κ1) is 17.9. The Morgan fingerprint density at radius 2 is 1.81 bits per heavy atom. The highest BCUT2D eigenvalue weighted by Gasteiger charge is 2.13. The molecule has 0 amide bonds. The maximum absolute atomic E-state index is 12.5. The summed E-state index contributed by atoms with van der Waals surface area (Å²) in [7, 11) is 2.09. The van der Waals surface area contributed by atoms with Crippen LogP contribution in [0.2, 0.25) is 5.02 Å². The average Bonchev–Trinajstić information content (AvgIpc) is 3.09. The lowest BCUT2D eigenvalue weighted by atomic mass is 10.2. The van der Waals surface area contributed by atoms with E-state index in [2.05, 4.69) is 12.0 Å². The fourth-order valence-corrected chi connectivity index (χ4v) is 4.29. The molecule has 2 aromatic heterocycles. The number of hydrogen-bond donors (Lipinski definition) is 2. The standard InChI is InChI=1S/C21H18ClN3OS/c1-25(12-14-7-9-16(22)10-8-14)13-19-23-20(26)17-11-18(27-21(17)24-19)15-5-3-2-4-6-15/h2-11H,12-13H2,1H3,(H,23,24,26)/p+1. The van der Waals surface area contributed by atoms with Crippen molar-refractivity contribution in [2.45, 2.75) is 13.1 Å². The van der Waals surface area contributed by atoms with Crippen LogP contribution in [0.3, 0.4) is 0 Å². The van der Waals surface area contributed by atoms with Crippen molar-refractivity contribution in [3.05, 3.63) is 87.4 Å². The Balaban J connectivity index is 1.57. The second-order valence-corrected chi connectivity index (χ2v) is 8.11. The van der Waals surface area contributed by atoms with Crippen LogP contribution < -0.4 is 10.5 Å². The second kappa shape index (κ2) is 7.64.